The molecule has 3 heterocycles. The highest BCUT2D eigenvalue weighted by Crippen LogP contribution is 2.34. The highest BCUT2D eigenvalue weighted by atomic mass is 16.7. The molecule has 0 radical (unpaired) electrons. The molecule has 0 saturated carbocycles. The number of hydrogen-bond donors (Lipinski definition) is 1. The molecule has 2 aromatic heterocycles. The Morgan fingerprint density at radius 2 is 2.00 bits per heavy atom. The third-order valence-corrected chi connectivity index (χ3v) is 3.35. The standard InChI is InChI=1S/C14H8N2O5/c17-13-8-3-10-11(21-6-20-10)4-9(8)15-12-2-1-7(14(18)19)5-16(12)13/h1-5H,6H2,(H,18,19). The predicted molar refractivity (Wildman–Crippen MR) is 72.1 cm³/mol. The fourth-order valence-corrected chi connectivity index (χ4v) is 2.32. The molecule has 0 saturated heterocycles. The van der Waals surface area contributed by atoms with E-state index < -0.39 is 5.97 Å². The average molecular weight is 284 g/mol. The van der Waals surface area contributed by atoms with Gasteiger partial charge in [-0.1, -0.05) is 0 Å². The second kappa shape index (κ2) is 3.95. The summed E-state index contributed by atoms with van der Waals surface area (Å²) >= 11 is 0. The highest BCUT2D eigenvalue weighted by molar-refractivity contribution is 5.88. The van der Waals surface area contributed by atoms with Gasteiger partial charge in [0, 0.05) is 12.3 Å². The van der Waals surface area contributed by atoms with E-state index in [1.54, 1.807) is 12.1 Å². The molecule has 0 bridgehead atoms. The minimum atomic E-state index is -1.10. The summed E-state index contributed by atoms with van der Waals surface area (Å²) in [4.78, 5) is 27.8. The molecule has 0 atom stereocenters. The van der Waals surface area contributed by atoms with Crippen molar-refractivity contribution in [3.05, 3.63) is 46.4 Å². The lowest BCUT2D eigenvalue weighted by Crippen LogP contribution is -2.16. The van der Waals surface area contributed by atoms with Gasteiger partial charge in [-0.25, -0.2) is 9.78 Å². The Bertz CT molecular complexity index is 976. The van der Waals surface area contributed by atoms with E-state index in [4.69, 9.17) is 14.6 Å². The fourth-order valence-electron chi connectivity index (χ4n) is 2.32. The molecule has 1 N–H and O–H groups in total. The topological polar surface area (TPSA) is 90.1 Å². The molecule has 0 amide bonds. The molecule has 0 aliphatic carbocycles. The molecule has 3 aromatic rings. The maximum Gasteiger partial charge on any atom is 0.337 e. The molecular weight excluding hydrogens is 276 g/mol. The molecule has 1 aliphatic heterocycles. The molecule has 0 spiro atoms. The number of aromatic carboxylic acids is 1. The van der Waals surface area contributed by atoms with Crippen LogP contribution in [0, 0.1) is 0 Å². The van der Waals surface area contributed by atoms with Gasteiger partial charge in [-0.3, -0.25) is 9.20 Å². The molecule has 4 rings (SSSR count). The molecule has 7 heteroatoms. The minimum Gasteiger partial charge on any atom is -0.478 e. The van der Waals surface area contributed by atoms with E-state index in [9.17, 15) is 9.59 Å². The van der Waals surface area contributed by atoms with Gasteiger partial charge in [0.1, 0.15) is 5.65 Å². The van der Waals surface area contributed by atoms with Crippen molar-refractivity contribution < 1.29 is 19.4 Å². The summed E-state index contributed by atoms with van der Waals surface area (Å²) in [7, 11) is 0. The number of rotatable bonds is 1. The maximum absolute atomic E-state index is 12.5. The normalized spacial score (nSPS) is 13.0. The lowest BCUT2D eigenvalue weighted by molar-refractivity contribution is 0.0696. The first-order valence-corrected chi connectivity index (χ1v) is 6.12. The minimum absolute atomic E-state index is 0.0199. The number of carboxylic acids is 1. The van der Waals surface area contributed by atoms with Gasteiger partial charge >= 0.3 is 5.97 Å². The number of carbonyl (C=O) groups is 1. The smallest absolute Gasteiger partial charge is 0.337 e. The van der Waals surface area contributed by atoms with Crippen molar-refractivity contribution in [2.75, 3.05) is 6.79 Å². The van der Waals surface area contributed by atoms with Crippen LogP contribution in [-0.4, -0.2) is 27.3 Å². The number of aromatic nitrogens is 2. The number of hydrogen-bond acceptors (Lipinski definition) is 5. The van der Waals surface area contributed by atoms with Crippen molar-refractivity contribution in [3.8, 4) is 11.5 Å². The summed E-state index contributed by atoms with van der Waals surface area (Å²) < 4.78 is 11.7. The summed E-state index contributed by atoms with van der Waals surface area (Å²) in [6, 6.07) is 6.11. The van der Waals surface area contributed by atoms with Crippen LogP contribution in [0.25, 0.3) is 16.6 Å². The van der Waals surface area contributed by atoms with Crippen LogP contribution in [0.15, 0.2) is 35.3 Å². The monoisotopic (exact) mass is 284 g/mol. The zero-order valence-corrected chi connectivity index (χ0v) is 10.6. The van der Waals surface area contributed by atoms with Gasteiger partial charge in [-0.2, -0.15) is 0 Å². The summed E-state index contributed by atoms with van der Waals surface area (Å²) in [6.07, 6.45) is 1.26. The molecule has 104 valence electrons. The second-order valence-corrected chi connectivity index (χ2v) is 4.59. The number of ether oxygens (including phenoxy) is 2. The number of nitrogens with zero attached hydrogens (tertiary/aromatic N) is 2. The van der Waals surface area contributed by atoms with Crippen LogP contribution in [0.5, 0.6) is 11.5 Å². The zero-order chi connectivity index (χ0) is 14.6. The number of pyridine rings is 1. The molecule has 0 fully saturated rings. The number of carboxylic acid groups (broad SMARTS) is 1. The second-order valence-electron chi connectivity index (χ2n) is 4.59. The Kier molecular flexibility index (Phi) is 2.20. The summed E-state index contributed by atoms with van der Waals surface area (Å²) in [6.45, 7) is 0.107. The molecule has 21 heavy (non-hydrogen) atoms. The molecule has 0 unspecified atom stereocenters. The number of benzene rings is 1. The van der Waals surface area contributed by atoms with Gasteiger partial charge in [0.2, 0.25) is 6.79 Å². The molecule has 1 aliphatic rings. The van der Waals surface area contributed by atoms with E-state index in [0.717, 1.165) is 0 Å². The van der Waals surface area contributed by atoms with Crippen LogP contribution in [0.1, 0.15) is 10.4 Å². The van der Waals surface area contributed by atoms with E-state index in [1.165, 1.54) is 22.7 Å². The van der Waals surface area contributed by atoms with Crippen molar-refractivity contribution in [2.45, 2.75) is 0 Å². The third-order valence-electron chi connectivity index (χ3n) is 3.35. The largest absolute Gasteiger partial charge is 0.478 e. The Morgan fingerprint density at radius 3 is 2.76 bits per heavy atom. The summed E-state index contributed by atoms with van der Waals surface area (Å²) in [5.41, 5.74) is 0.520. The van der Waals surface area contributed by atoms with Crippen molar-refractivity contribution in [3.63, 3.8) is 0 Å². The van der Waals surface area contributed by atoms with Crippen molar-refractivity contribution in [1.82, 2.24) is 9.38 Å². The van der Waals surface area contributed by atoms with E-state index in [2.05, 4.69) is 4.98 Å². The quantitative estimate of drug-likeness (QED) is 0.677. The van der Waals surface area contributed by atoms with Gasteiger partial charge in [0.15, 0.2) is 11.5 Å². The average Bonchev–Trinajstić information content (AvgIpc) is 2.92. The van der Waals surface area contributed by atoms with Gasteiger partial charge in [-0.05, 0) is 18.2 Å². The zero-order valence-electron chi connectivity index (χ0n) is 10.6. The number of fused-ring (bicyclic) bond motifs is 3. The van der Waals surface area contributed by atoms with Gasteiger partial charge in [0.25, 0.3) is 5.56 Å². The Morgan fingerprint density at radius 1 is 1.24 bits per heavy atom. The van der Waals surface area contributed by atoms with Crippen molar-refractivity contribution in [2.24, 2.45) is 0 Å². The molecule has 1 aromatic carbocycles. The van der Waals surface area contributed by atoms with Crippen LogP contribution in [-0.2, 0) is 0 Å². The predicted octanol–water partition coefficient (Wildman–Crippen LogP) is 1.27. The molecular formula is C14H8N2O5. The van der Waals surface area contributed by atoms with Gasteiger partial charge in [0.05, 0.1) is 16.5 Å². The first-order valence-electron chi connectivity index (χ1n) is 6.12. The van der Waals surface area contributed by atoms with E-state index in [0.29, 0.717) is 28.0 Å². The van der Waals surface area contributed by atoms with E-state index in [-0.39, 0.29) is 17.9 Å². The van der Waals surface area contributed by atoms with Crippen LogP contribution in [0.4, 0.5) is 0 Å². The van der Waals surface area contributed by atoms with Gasteiger partial charge in [-0.15, -0.1) is 0 Å². The van der Waals surface area contributed by atoms with Crippen LogP contribution >= 0.6 is 0 Å². The third kappa shape index (κ3) is 1.64. The van der Waals surface area contributed by atoms with E-state index in [1.807, 2.05) is 0 Å². The summed E-state index contributed by atoms with van der Waals surface area (Å²) in [5, 5.41) is 9.35. The Balaban J connectivity index is 2.11. The SMILES string of the molecule is O=C(O)c1ccc2nc3cc4c(cc3c(=O)n2c1)OCO4. The maximum atomic E-state index is 12.5. The lowest BCUT2D eigenvalue weighted by atomic mass is 10.2. The van der Waals surface area contributed by atoms with Gasteiger partial charge < -0.3 is 14.6 Å². The Labute approximate surface area is 117 Å². The summed E-state index contributed by atoms with van der Waals surface area (Å²) in [5.74, 6) is -0.0776. The first-order chi connectivity index (χ1) is 10.1. The van der Waals surface area contributed by atoms with Crippen LogP contribution in [0.2, 0.25) is 0 Å². The molecule has 7 nitrogen and oxygen atoms in total. The van der Waals surface area contributed by atoms with Crippen molar-refractivity contribution >= 4 is 22.5 Å². The van der Waals surface area contributed by atoms with Crippen molar-refractivity contribution in [1.29, 1.82) is 0 Å². The fraction of sp³-hybridized carbons (Fsp3) is 0.0714. The Hall–Kier alpha value is -3.09. The van der Waals surface area contributed by atoms with E-state index >= 15 is 0 Å². The highest BCUT2D eigenvalue weighted by Gasteiger charge is 2.17. The van der Waals surface area contributed by atoms with Crippen LogP contribution < -0.4 is 15.0 Å². The first kappa shape index (κ1) is 11.7. The van der Waals surface area contributed by atoms with Crippen LogP contribution in [0.3, 0.4) is 0 Å². The lowest BCUT2D eigenvalue weighted by Gasteiger charge is -2.05.